The lowest BCUT2D eigenvalue weighted by atomic mass is 9.90. The van der Waals surface area contributed by atoms with Gasteiger partial charge in [-0.2, -0.15) is 4.98 Å². The zero-order valence-electron chi connectivity index (χ0n) is 12.9. The number of rotatable bonds is 6. The Kier molecular flexibility index (Phi) is 4.90. The molecule has 0 aliphatic rings. The fraction of sp³-hybridized carbons (Fsp3) is 0.533. The number of hydrogen-bond donors (Lipinski definition) is 1. The predicted octanol–water partition coefficient (Wildman–Crippen LogP) is 2.15. The number of nitrogens with two attached hydrogens (primary N) is 1. The van der Waals surface area contributed by atoms with Crippen molar-refractivity contribution >= 4 is 0 Å². The smallest absolute Gasteiger partial charge is 0.231 e. The summed E-state index contributed by atoms with van der Waals surface area (Å²) < 4.78 is 10.4. The highest BCUT2D eigenvalue weighted by molar-refractivity contribution is 5.20. The maximum atomic E-state index is 6.01. The number of aromatic nitrogens is 3. The quantitative estimate of drug-likeness (QED) is 0.877. The highest BCUT2D eigenvalue weighted by Crippen LogP contribution is 2.25. The summed E-state index contributed by atoms with van der Waals surface area (Å²) in [6.07, 6.45) is 2.32. The first-order valence-electron chi connectivity index (χ1n) is 7.08. The summed E-state index contributed by atoms with van der Waals surface area (Å²) in [7, 11) is 1.59. The SMILES string of the molecule is COc1ccc(Cc2noc(C(C(C)C)C(C)N)n2)cn1. The van der Waals surface area contributed by atoms with Gasteiger partial charge in [0.05, 0.1) is 13.0 Å². The first kappa shape index (κ1) is 15.4. The van der Waals surface area contributed by atoms with Crippen molar-refractivity contribution in [1.82, 2.24) is 15.1 Å². The molecule has 0 amide bonds. The molecule has 6 nitrogen and oxygen atoms in total. The van der Waals surface area contributed by atoms with E-state index in [2.05, 4.69) is 29.0 Å². The number of hydrogen-bond acceptors (Lipinski definition) is 6. The van der Waals surface area contributed by atoms with Gasteiger partial charge in [-0.05, 0) is 18.4 Å². The number of nitrogens with zero attached hydrogens (tertiary/aromatic N) is 3. The van der Waals surface area contributed by atoms with Crippen LogP contribution in [0.2, 0.25) is 0 Å². The second-order valence-corrected chi connectivity index (χ2v) is 5.56. The molecule has 6 heteroatoms. The Hall–Kier alpha value is -1.95. The Bertz CT molecular complexity index is 555. The Morgan fingerprint density at radius 1 is 1.29 bits per heavy atom. The molecule has 0 aromatic carbocycles. The van der Waals surface area contributed by atoms with Crippen molar-refractivity contribution in [1.29, 1.82) is 0 Å². The molecule has 0 aliphatic carbocycles. The third-order valence-corrected chi connectivity index (χ3v) is 3.42. The first-order valence-corrected chi connectivity index (χ1v) is 7.08. The first-order chi connectivity index (χ1) is 10.0. The average molecular weight is 290 g/mol. The molecule has 2 atom stereocenters. The number of ether oxygens (including phenoxy) is 1. The van der Waals surface area contributed by atoms with Gasteiger partial charge >= 0.3 is 0 Å². The lowest BCUT2D eigenvalue weighted by Gasteiger charge is -2.20. The summed E-state index contributed by atoms with van der Waals surface area (Å²) in [6, 6.07) is 3.73. The summed E-state index contributed by atoms with van der Waals surface area (Å²) >= 11 is 0. The molecule has 0 aliphatic heterocycles. The Morgan fingerprint density at radius 2 is 2.05 bits per heavy atom. The minimum absolute atomic E-state index is 0.0269. The third kappa shape index (κ3) is 3.78. The van der Waals surface area contributed by atoms with Gasteiger partial charge in [-0.1, -0.05) is 25.1 Å². The summed E-state index contributed by atoms with van der Waals surface area (Å²) in [4.78, 5) is 8.64. The largest absolute Gasteiger partial charge is 0.481 e. The van der Waals surface area contributed by atoms with Gasteiger partial charge in [-0.3, -0.25) is 0 Å². The van der Waals surface area contributed by atoms with Crippen molar-refractivity contribution in [3.05, 3.63) is 35.6 Å². The lowest BCUT2D eigenvalue weighted by Crippen LogP contribution is -2.28. The van der Waals surface area contributed by atoms with Gasteiger partial charge in [0.2, 0.25) is 11.8 Å². The minimum atomic E-state index is -0.0269. The van der Waals surface area contributed by atoms with Crippen LogP contribution in [0.3, 0.4) is 0 Å². The molecular formula is C15H22N4O2. The molecule has 0 spiro atoms. The van der Waals surface area contributed by atoms with Crippen molar-refractivity contribution in [3.63, 3.8) is 0 Å². The summed E-state index contributed by atoms with van der Waals surface area (Å²) in [6.45, 7) is 6.17. The van der Waals surface area contributed by atoms with Gasteiger partial charge < -0.3 is 15.0 Å². The van der Waals surface area contributed by atoms with E-state index in [4.69, 9.17) is 15.0 Å². The fourth-order valence-electron chi connectivity index (χ4n) is 2.41. The highest BCUT2D eigenvalue weighted by atomic mass is 16.5. The molecule has 2 rings (SSSR count). The van der Waals surface area contributed by atoms with E-state index in [0.29, 0.717) is 29.9 Å². The Labute approximate surface area is 124 Å². The van der Waals surface area contributed by atoms with Gasteiger partial charge in [-0.25, -0.2) is 4.98 Å². The standard InChI is InChI=1S/C15H22N4O2/c1-9(2)14(10(3)16)15-18-12(19-21-15)7-11-5-6-13(20-4)17-8-11/h5-6,8-10,14H,7,16H2,1-4H3. The van der Waals surface area contributed by atoms with E-state index in [1.54, 1.807) is 13.3 Å². The molecule has 2 N–H and O–H groups in total. The third-order valence-electron chi connectivity index (χ3n) is 3.42. The van der Waals surface area contributed by atoms with E-state index in [0.717, 1.165) is 5.56 Å². The van der Waals surface area contributed by atoms with E-state index < -0.39 is 0 Å². The van der Waals surface area contributed by atoms with Crippen LogP contribution in [0.5, 0.6) is 5.88 Å². The minimum Gasteiger partial charge on any atom is -0.481 e. The van der Waals surface area contributed by atoms with E-state index in [9.17, 15) is 0 Å². The van der Waals surface area contributed by atoms with Crippen LogP contribution in [-0.4, -0.2) is 28.3 Å². The highest BCUT2D eigenvalue weighted by Gasteiger charge is 2.26. The topological polar surface area (TPSA) is 87.1 Å². The maximum absolute atomic E-state index is 6.01. The van der Waals surface area contributed by atoms with Crippen LogP contribution in [0.15, 0.2) is 22.9 Å². The molecular weight excluding hydrogens is 268 g/mol. The second kappa shape index (κ2) is 6.67. The lowest BCUT2D eigenvalue weighted by molar-refractivity contribution is 0.298. The van der Waals surface area contributed by atoms with E-state index in [-0.39, 0.29) is 12.0 Å². The molecule has 0 saturated heterocycles. The second-order valence-electron chi connectivity index (χ2n) is 5.56. The van der Waals surface area contributed by atoms with Crippen molar-refractivity contribution in [2.45, 2.75) is 39.2 Å². The van der Waals surface area contributed by atoms with Crippen LogP contribution < -0.4 is 10.5 Å². The van der Waals surface area contributed by atoms with Crippen LogP contribution in [0.25, 0.3) is 0 Å². The summed E-state index contributed by atoms with van der Waals surface area (Å²) in [5.74, 6) is 2.25. The summed E-state index contributed by atoms with van der Waals surface area (Å²) in [5.41, 5.74) is 7.02. The fourth-order valence-corrected chi connectivity index (χ4v) is 2.41. The molecule has 21 heavy (non-hydrogen) atoms. The van der Waals surface area contributed by atoms with E-state index in [1.165, 1.54) is 0 Å². The van der Waals surface area contributed by atoms with Crippen LogP contribution >= 0.6 is 0 Å². The molecule has 0 fully saturated rings. The predicted molar refractivity (Wildman–Crippen MR) is 79.1 cm³/mol. The van der Waals surface area contributed by atoms with Crippen LogP contribution in [0, 0.1) is 5.92 Å². The monoisotopic (exact) mass is 290 g/mol. The normalized spacial score (nSPS) is 14.2. The molecule has 0 radical (unpaired) electrons. The van der Waals surface area contributed by atoms with Crippen LogP contribution in [0.1, 0.15) is 44.0 Å². The Balaban J connectivity index is 2.11. The average Bonchev–Trinajstić information content (AvgIpc) is 2.87. The molecule has 0 saturated carbocycles. The van der Waals surface area contributed by atoms with Crippen molar-refractivity contribution in [3.8, 4) is 5.88 Å². The van der Waals surface area contributed by atoms with Gasteiger partial charge in [-0.15, -0.1) is 0 Å². The molecule has 2 heterocycles. The van der Waals surface area contributed by atoms with Gasteiger partial charge in [0.15, 0.2) is 5.82 Å². The molecule has 0 bridgehead atoms. The molecule has 2 aromatic heterocycles. The van der Waals surface area contributed by atoms with Crippen LogP contribution in [0.4, 0.5) is 0 Å². The number of pyridine rings is 1. The van der Waals surface area contributed by atoms with Gasteiger partial charge in [0, 0.05) is 24.7 Å². The molecule has 2 unspecified atom stereocenters. The van der Waals surface area contributed by atoms with Crippen molar-refractivity contribution < 1.29 is 9.26 Å². The van der Waals surface area contributed by atoms with E-state index >= 15 is 0 Å². The van der Waals surface area contributed by atoms with Gasteiger partial charge in [0.1, 0.15) is 0 Å². The Morgan fingerprint density at radius 3 is 2.57 bits per heavy atom. The van der Waals surface area contributed by atoms with E-state index in [1.807, 2.05) is 19.1 Å². The van der Waals surface area contributed by atoms with Crippen molar-refractivity contribution in [2.24, 2.45) is 11.7 Å². The molecule has 114 valence electrons. The molecule has 2 aromatic rings. The zero-order valence-corrected chi connectivity index (χ0v) is 12.9. The van der Waals surface area contributed by atoms with Crippen LogP contribution in [-0.2, 0) is 6.42 Å². The van der Waals surface area contributed by atoms with Crippen molar-refractivity contribution in [2.75, 3.05) is 7.11 Å². The zero-order chi connectivity index (χ0) is 15.4. The van der Waals surface area contributed by atoms with Gasteiger partial charge in [0.25, 0.3) is 0 Å². The summed E-state index contributed by atoms with van der Waals surface area (Å²) in [5, 5.41) is 4.04. The number of methoxy groups -OCH3 is 1. The maximum Gasteiger partial charge on any atom is 0.231 e.